The predicted molar refractivity (Wildman–Crippen MR) is 63.9 cm³/mol. The van der Waals surface area contributed by atoms with E-state index in [0.29, 0.717) is 6.61 Å². The first kappa shape index (κ1) is 13.5. The van der Waals surface area contributed by atoms with E-state index in [9.17, 15) is 0 Å². The lowest BCUT2D eigenvalue weighted by atomic mass is 10.4. The third kappa shape index (κ3) is 5.50. The molecule has 92 valence electrons. The summed E-state index contributed by atoms with van der Waals surface area (Å²) in [6.07, 6.45) is 1.78. The number of hydrogen-bond acceptors (Lipinski definition) is 6. The van der Waals surface area contributed by atoms with Crippen LogP contribution in [0.5, 0.6) is 0 Å². The van der Waals surface area contributed by atoms with Crippen LogP contribution in [0.1, 0.15) is 10.0 Å². The zero-order valence-electron chi connectivity index (χ0n) is 9.86. The highest BCUT2D eigenvalue weighted by Gasteiger charge is 2.03. The first-order valence-electron chi connectivity index (χ1n) is 5.36. The van der Waals surface area contributed by atoms with Crippen molar-refractivity contribution in [2.75, 3.05) is 40.5 Å². The molecule has 16 heavy (non-hydrogen) atoms. The zero-order valence-corrected chi connectivity index (χ0v) is 10.7. The van der Waals surface area contributed by atoms with Crippen LogP contribution >= 0.6 is 11.3 Å². The van der Waals surface area contributed by atoms with Crippen molar-refractivity contribution in [1.29, 1.82) is 0 Å². The Morgan fingerprint density at radius 3 is 2.38 bits per heavy atom. The Bertz CT molecular complexity index is 281. The van der Waals surface area contributed by atoms with Gasteiger partial charge in [0.1, 0.15) is 10.0 Å². The fourth-order valence-electron chi connectivity index (χ4n) is 1.17. The average Bonchev–Trinajstić information content (AvgIpc) is 2.74. The monoisotopic (exact) mass is 245 g/mol. The highest BCUT2D eigenvalue weighted by atomic mass is 32.1. The van der Waals surface area contributed by atoms with Crippen molar-refractivity contribution >= 4 is 11.3 Å². The lowest BCUT2D eigenvalue weighted by Crippen LogP contribution is -2.21. The Hall–Kier alpha value is -0.560. The van der Waals surface area contributed by atoms with Crippen LogP contribution < -0.4 is 5.32 Å². The van der Waals surface area contributed by atoms with Gasteiger partial charge in [0.05, 0.1) is 13.2 Å². The molecule has 6 heteroatoms. The maximum Gasteiger partial charge on any atom is 0.119 e. The molecule has 1 N–H and O–H groups in total. The largest absolute Gasteiger partial charge is 0.384 e. The van der Waals surface area contributed by atoms with E-state index in [-0.39, 0.29) is 0 Å². The second-order valence-corrected chi connectivity index (χ2v) is 4.47. The Labute approximate surface area is 100 Å². The fourth-order valence-corrected chi connectivity index (χ4v) is 2.00. The minimum Gasteiger partial charge on any atom is -0.384 e. The average molecular weight is 245 g/mol. The molecule has 0 atom stereocenters. The zero-order chi connectivity index (χ0) is 11.6. The second kappa shape index (κ2) is 8.58. The van der Waals surface area contributed by atoms with Crippen LogP contribution in [0.25, 0.3) is 0 Å². The molecule has 0 amide bonds. The van der Waals surface area contributed by atoms with E-state index in [2.05, 4.69) is 15.5 Å². The van der Waals surface area contributed by atoms with Gasteiger partial charge in [0, 0.05) is 40.2 Å². The van der Waals surface area contributed by atoms with Crippen molar-refractivity contribution in [3.63, 3.8) is 0 Å². The van der Waals surface area contributed by atoms with Gasteiger partial charge in [-0.05, 0) is 0 Å². The van der Waals surface area contributed by atoms with Gasteiger partial charge in [0.15, 0.2) is 0 Å². The Kier molecular flexibility index (Phi) is 7.24. The normalized spacial score (nSPS) is 10.9. The molecular formula is C10H19N3O2S. The van der Waals surface area contributed by atoms with Gasteiger partial charge in [0.25, 0.3) is 0 Å². The molecule has 0 aromatic carbocycles. The number of methoxy groups -OCH3 is 2. The second-order valence-electron chi connectivity index (χ2n) is 3.33. The van der Waals surface area contributed by atoms with Crippen molar-refractivity contribution in [2.45, 2.75) is 12.8 Å². The summed E-state index contributed by atoms with van der Waals surface area (Å²) < 4.78 is 9.93. The fraction of sp³-hybridized carbons (Fsp3) is 0.800. The van der Waals surface area contributed by atoms with Gasteiger partial charge in [-0.25, -0.2) is 0 Å². The van der Waals surface area contributed by atoms with E-state index in [1.807, 2.05) is 0 Å². The summed E-state index contributed by atoms with van der Waals surface area (Å²) >= 11 is 1.66. The lowest BCUT2D eigenvalue weighted by molar-refractivity contribution is 0.199. The molecule has 1 heterocycles. The molecule has 1 rings (SSSR count). The number of ether oxygens (including phenoxy) is 2. The Morgan fingerprint density at radius 1 is 1.00 bits per heavy atom. The van der Waals surface area contributed by atoms with Crippen molar-refractivity contribution in [3.05, 3.63) is 10.0 Å². The molecule has 5 nitrogen and oxygen atoms in total. The van der Waals surface area contributed by atoms with Crippen molar-refractivity contribution < 1.29 is 9.47 Å². The molecule has 0 radical (unpaired) electrons. The van der Waals surface area contributed by atoms with E-state index in [4.69, 9.17) is 9.47 Å². The number of aromatic nitrogens is 2. The molecule has 0 unspecified atom stereocenters. The number of nitrogens with one attached hydrogen (secondary N) is 1. The minimum atomic E-state index is 0.709. The summed E-state index contributed by atoms with van der Waals surface area (Å²) in [7, 11) is 3.40. The van der Waals surface area contributed by atoms with Crippen molar-refractivity contribution in [3.8, 4) is 0 Å². The standard InChI is InChI=1S/C10H19N3O2S/c1-14-7-4-10-13-12-9(16-10)3-5-11-6-8-15-2/h11H,3-8H2,1-2H3. The van der Waals surface area contributed by atoms with Crippen molar-refractivity contribution in [1.82, 2.24) is 15.5 Å². The SMILES string of the molecule is COCCNCCc1nnc(CCOC)s1. The van der Waals surface area contributed by atoms with Gasteiger partial charge >= 0.3 is 0 Å². The van der Waals surface area contributed by atoms with Gasteiger partial charge in [-0.2, -0.15) is 0 Å². The van der Waals surface area contributed by atoms with Crippen LogP contribution in [0.3, 0.4) is 0 Å². The summed E-state index contributed by atoms with van der Waals surface area (Å²) in [5.41, 5.74) is 0. The van der Waals surface area contributed by atoms with Gasteiger partial charge in [-0.1, -0.05) is 0 Å². The molecule has 0 aliphatic carbocycles. The quantitative estimate of drug-likeness (QED) is 0.642. The summed E-state index contributed by atoms with van der Waals surface area (Å²) in [4.78, 5) is 0. The van der Waals surface area contributed by atoms with Gasteiger partial charge in [0.2, 0.25) is 0 Å². The van der Waals surface area contributed by atoms with Gasteiger partial charge in [-0.15, -0.1) is 21.5 Å². The van der Waals surface area contributed by atoms with E-state index in [1.165, 1.54) is 0 Å². The molecule has 0 spiro atoms. The molecule has 0 saturated heterocycles. The van der Waals surface area contributed by atoms with Gasteiger partial charge < -0.3 is 14.8 Å². The van der Waals surface area contributed by atoms with Crippen LogP contribution in [0, 0.1) is 0 Å². The summed E-state index contributed by atoms with van der Waals surface area (Å²) in [6.45, 7) is 3.25. The summed E-state index contributed by atoms with van der Waals surface area (Å²) in [6, 6.07) is 0. The molecule has 0 aliphatic rings. The third-order valence-corrected chi connectivity index (χ3v) is 3.07. The number of hydrogen-bond donors (Lipinski definition) is 1. The molecule has 1 aromatic heterocycles. The number of rotatable bonds is 9. The van der Waals surface area contributed by atoms with Crippen molar-refractivity contribution in [2.24, 2.45) is 0 Å². The first-order valence-corrected chi connectivity index (χ1v) is 6.18. The Balaban J connectivity index is 2.14. The molecule has 0 fully saturated rings. The van der Waals surface area contributed by atoms with Crippen LogP contribution in [-0.2, 0) is 22.3 Å². The highest BCUT2D eigenvalue weighted by Crippen LogP contribution is 2.10. The van der Waals surface area contributed by atoms with Gasteiger partial charge in [-0.3, -0.25) is 0 Å². The lowest BCUT2D eigenvalue weighted by Gasteiger charge is -2.00. The van der Waals surface area contributed by atoms with E-state index >= 15 is 0 Å². The van der Waals surface area contributed by atoms with Crippen LogP contribution in [-0.4, -0.2) is 50.7 Å². The topological polar surface area (TPSA) is 56.3 Å². The van der Waals surface area contributed by atoms with E-state index in [0.717, 1.165) is 42.6 Å². The van der Waals surface area contributed by atoms with Crippen LogP contribution in [0.2, 0.25) is 0 Å². The molecule has 1 aromatic rings. The maximum atomic E-state index is 4.99. The predicted octanol–water partition coefficient (Wildman–Crippen LogP) is 0.505. The molecule has 0 saturated carbocycles. The molecule has 0 aliphatic heterocycles. The third-order valence-electron chi connectivity index (χ3n) is 2.03. The summed E-state index contributed by atoms with van der Waals surface area (Å²) in [5, 5.41) is 13.6. The minimum absolute atomic E-state index is 0.709. The molecule has 0 bridgehead atoms. The van der Waals surface area contributed by atoms with Crippen LogP contribution in [0.4, 0.5) is 0 Å². The smallest absolute Gasteiger partial charge is 0.119 e. The van der Waals surface area contributed by atoms with Crippen LogP contribution in [0.15, 0.2) is 0 Å². The highest BCUT2D eigenvalue weighted by molar-refractivity contribution is 7.11. The molecular weight excluding hydrogens is 226 g/mol. The first-order chi connectivity index (χ1) is 7.86. The Morgan fingerprint density at radius 2 is 1.69 bits per heavy atom. The summed E-state index contributed by atoms with van der Waals surface area (Å²) in [5.74, 6) is 0. The van der Waals surface area contributed by atoms with E-state index in [1.54, 1.807) is 25.6 Å². The maximum absolute atomic E-state index is 4.99. The number of nitrogens with zero attached hydrogens (tertiary/aromatic N) is 2. The van der Waals surface area contributed by atoms with E-state index < -0.39 is 0 Å².